The largest absolute Gasteiger partial charge is 0.456 e. The lowest BCUT2D eigenvalue weighted by Gasteiger charge is -2.26. The van der Waals surface area contributed by atoms with E-state index in [0.717, 1.165) is 44.7 Å². The number of rotatable bonds is 4. The molecule has 2 aromatic heterocycles. The number of furan rings is 1. The summed E-state index contributed by atoms with van der Waals surface area (Å²) in [4.78, 5) is 2.37. The van der Waals surface area contributed by atoms with Crippen molar-refractivity contribution in [2.45, 2.75) is 0 Å². The number of hydrogen-bond donors (Lipinski definition) is 0. The third-order valence-electron chi connectivity index (χ3n) is 9.50. The van der Waals surface area contributed by atoms with Crippen molar-refractivity contribution in [3.05, 3.63) is 170 Å². The van der Waals surface area contributed by atoms with E-state index in [1.165, 1.54) is 43.4 Å². The first kappa shape index (κ1) is 26.0. The first-order valence-electron chi connectivity index (χ1n) is 16.0. The van der Waals surface area contributed by atoms with E-state index in [9.17, 15) is 0 Å². The van der Waals surface area contributed by atoms with E-state index in [1.807, 2.05) is 0 Å². The smallest absolute Gasteiger partial charge is 0.136 e. The second kappa shape index (κ2) is 10.1. The number of benzene rings is 8. The summed E-state index contributed by atoms with van der Waals surface area (Å²) in [5, 5.41) is 9.50. The second-order valence-electron chi connectivity index (χ2n) is 12.2. The molecule has 0 aliphatic carbocycles. The molecule has 0 bridgehead atoms. The minimum atomic E-state index is 0.888. The standard InChI is InChI=1S/C44H28N2O/c1-2-14-33(15-3-1)46-41-17-9-8-16-37(41)38-27-35(20-22-42(38)46)45(34-19-18-29-10-4-5-11-30(29)24-34)36-21-23-43-40(28-36)39-25-31-12-6-7-13-32(31)26-44(39)47-43/h1-28H. The van der Waals surface area contributed by atoms with Gasteiger partial charge in [0.1, 0.15) is 11.2 Å². The van der Waals surface area contributed by atoms with Gasteiger partial charge in [0.05, 0.1) is 11.0 Å². The quantitative estimate of drug-likeness (QED) is 0.200. The number of aromatic nitrogens is 1. The van der Waals surface area contributed by atoms with E-state index in [2.05, 4.69) is 179 Å². The second-order valence-corrected chi connectivity index (χ2v) is 12.2. The Balaban J connectivity index is 1.23. The number of fused-ring (bicyclic) bond motifs is 8. The molecule has 3 nitrogen and oxygen atoms in total. The van der Waals surface area contributed by atoms with E-state index in [-0.39, 0.29) is 0 Å². The summed E-state index contributed by atoms with van der Waals surface area (Å²) in [6.07, 6.45) is 0. The molecule has 0 saturated heterocycles. The molecule has 0 spiro atoms. The predicted octanol–water partition coefficient (Wildman–Crippen LogP) is 12.5. The molecule has 0 aliphatic heterocycles. The maximum Gasteiger partial charge on any atom is 0.136 e. The summed E-state index contributed by atoms with van der Waals surface area (Å²) >= 11 is 0. The number of para-hydroxylation sites is 2. The topological polar surface area (TPSA) is 21.3 Å². The molecule has 3 heteroatoms. The highest BCUT2D eigenvalue weighted by molar-refractivity contribution is 6.13. The lowest BCUT2D eigenvalue weighted by atomic mass is 10.0. The van der Waals surface area contributed by atoms with Gasteiger partial charge < -0.3 is 13.9 Å². The van der Waals surface area contributed by atoms with Crippen molar-refractivity contribution in [1.29, 1.82) is 0 Å². The lowest BCUT2D eigenvalue weighted by molar-refractivity contribution is 0.669. The van der Waals surface area contributed by atoms with Crippen LogP contribution in [-0.2, 0) is 0 Å². The van der Waals surface area contributed by atoms with E-state index in [0.29, 0.717) is 0 Å². The fourth-order valence-electron chi connectivity index (χ4n) is 7.31. The molecular formula is C44H28N2O. The van der Waals surface area contributed by atoms with Gasteiger partial charge in [-0.3, -0.25) is 0 Å². The third-order valence-corrected chi connectivity index (χ3v) is 9.50. The maximum atomic E-state index is 6.39. The zero-order valence-electron chi connectivity index (χ0n) is 25.5. The summed E-state index contributed by atoms with van der Waals surface area (Å²) < 4.78 is 8.76. The van der Waals surface area contributed by atoms with Crippen LogP contribution in [-0.4, -0.2) is 4.57 Å². The molecule has 0 radical (unpaired) electrons. The molecule has 0 fully saturated rings. The number of anilines is 3. The van der Waals surface area contributed by atoms with Crippen molar-refractivity contribution in [2.24, 2.45) is 0 Å². The number of hydrogen-bond acceptors (Lipinski definition) is 2. The van der Waals surface area contributed by atoms with Crippen LogP contribution in [0.1, 0.15) is 0 Å². The molecule has 10 aromatic rings. The van der Waals surface area contributed by atoms with Crippen molar-refractivity contribution in [3.63, 3.8) is 0 Å². The summed E-state index contributed by atoms with van der Waals surface area (Å²) in [6, 6.07) is 60.9. The molecule has 0 aliphatic rings. The van der Waals surface area contributed by atoms with Gasteiger partial charge in [-0.25, -0.2) is 0 Å². The Bertz CT molecular complexity index is 2810. The minimum absolute atomic E-state index is 0.888. The summed E-state index contributed by atoms with van der Waals surface area (Å²) in [5.41, 5.74) is 8.61. The first-order chi connectivity index (χ1) is 23.3. The van der Waals surface area contributed by atoms with Gasteiger partial charge in [0.25, 0.3) is 0 Å². The van der Waals surface area contributed by atoms with Crippen molar-refractivity contribution >= 4 is 82.4 Å². The highest BCUT2D eigenvalue weighted by Crippen LogP contribution is 2.42. The lowest BCUT2D eigenvalue weighted by Crippen LogP contribution is -2.10. The third kappa shape index (κ3) is 4.07. The molecule has 2 heterocycles. The van der Waals surface area contributed by atoms with Crippen LogP contribution in [0.2, 0.25) is 0 Å². The van der Waals surface area contributed by atoms with Crippen LogP contribution in [0.5, 0.6) is 0 Å². The predicted molar refractivity (Wildman–Crippen MR) is 198 cm³/mol. The molecule has 0 saturated carbocycles. The first-order valence-corrected chi connectivity index (χ1v) is 16.0. The number of nitrogens with zero attached hydrogens (tertiary/aromatic N) is 2. The van der Waals surface area contributed by atoms with Crippen LogP contribution in [0.25, 0.3) is 71.0 Å². The van der Waals surface area contributed by atoms with Gasteiger partial charge in [-0.05, 0) is 100 Å². The molecule has 0 amide bonds. The minimum Gasteiger partial charge on any atom is -0.456 e. The van der Waals surface area contributed by atoms with Gasteiger partial charge in [-0.15, -0.1) is 0 Å². The van der Waals surface area contributed by atoms with Gasteiger partial charge in [0.2, 0.25) is 0 Å². The monoisotopic (exact) mass is 600 g/mol. The Morgan fingerprint density at radius 1 is 0.362 bits per heavy atom. The summed E-state index contributed by atoms with van der Waals surface area (Å²) in [6.45, 7) is 0. The molecule has 0 N–H and O–H groups in total. The zero-order valence-corrected chi connectivity index (χ0v) is 25.5. The fraction of sp³-hybridized carbons (Fsp3) is 0. The van der Waals surface area contributed by atoms with E-state index in [4.69, 9.17) is 4.42 Å². The van der Waals surface area contributed by atoms with Crippen LogP contribution >= 0.6 is 0 Å². The Morgan fingerprint density at radius 2 is 0.936 bits per heavy atom. The normalized spacial score (nSPS) is 11.8. The van der Waals surface area contributed by atoms with E-state index in [1.54, 1.807) is 0 Å². The highest BCUT2D eigenvalue weighted by atomic mass is 16.3. The molecule has 0 atom stereocenters. The van der Waals surface area contributed by atoms with Crippen LogP contribution in [0.3, 0.4) is 0 Å². The molecule has 8 aromatic carbocycles. The van der Waals surface area contributed by atoms with Gasteiger partial charge in [-0.1, -0.05) is 91.0 Å². The van der Waals surface area contributed by atoms with E-state index >= 15 is 0 Å². The van der Waals surface area contributed by atoms with Gasteiger partial charge in [0.15, 0.2) is 0 Å². The molecule has 220 valence electrons. The van der Waals surface area contributed by atoms with Crippen LogP contribution in [0.15, 0.2) is 174 Å². The highest BCUT2D eigenvalue weighted by Gasteiger charge is 2.19. The average molecular weight is 601 g/mol. The van der Waals surface area contributed by atoms with Crippen LogP contribution < -0.4 is 4.90 Å². The SMILES string of the molecule is c1ccc(-n2c3ccccc3c3cc(N(c4ccc5ccccc5c4)c4ccc5oc6cc7ccccc7cc6c5c4)ccc32)cc1. The Morgan fingerprint density at radius 3 is 1.77 bits per heavy atom. The van der Waals surface area contributed by atoms with Crippen molar-refractivity contribution < 1.29 is 4.42 Å². The molecule has 0 unspecified atom stereocenters. The fourth-order valence-corrected chi connectivity index (χ4v) is 7.31. The molecular weight excluding hydrogens is 572 g/mol. The Kier molecular flexibility index (Phi) is 5.57. The van der Waals surface area contributed by atoms with Crippen molar-refractivity contribution in [1.82, 2.24) is 4.57 Å². The zero-order chi connectivity index (χ0) is 30.9. The van der Waals surface area contributed by atoms with Crippen LogP contribution in [0, 0.1) is 0 Å². The molecule has 10 rings (SSSR count). The van der Waals surface area contributed by atoms with E-state index < -0.39 is 0 Å². The van der Waals surface area contributed by atoms with Gasteiger partial charge in [-0.2, -0.15) is 0 Å². The summed E-state index contributed by atoms with van der Waals surface area (Å²) in [7, 11) is 0. The van der Waals surface area contributed by atoms with Crippen molar-refractivity contribution in [3.8, 4) is 5.69 Å². The molecule has 47 heavy (non-hydrogen) atoms. The average Bonchev–Trinajstić information content (AvgIpc) is 3.65. The van der Waals surface area contributed by atoms with Gasteiger partial charge >= 0.3 is 0 Å². The van der Waals surface area contributed by atoms with Crippen LogP contribution in [0.4, 0.5) is 17.1 Å². The van der Waals surface area contributed by atoms with Gasteiger partial charge in [0, 0.05) is 44.3 Å². The summed E-state index contributed by atoms with van der Waals surface area (Å²) in [5.74, 6) is 0. The Hall–Kier alpha value is -6.32. The maximum absolute atomic E-state index is 6.39. The van der Waals surface area contributed by atoms with Crippen molar-refractivity contribution in [2.75, 3.05) is 4.90 Å². The Labute approximate surface area is 271 Å².